The van der Waals surface area contributed by atoms with Gasteiger partial charge in [0.2, 0.25) is 0 Å². The minimum Gasteiger partial charge on any atom is -0.381 e. The monoisotopic (exact) mass is 260 g/mol. The van der Waals surface area contributed by atoms with Crippen molar-refractivity contribution in [3.63, 3.8) is 0 Å². The smallest absolute Gasteiger partial charge is 0.272 e. The molecule has 1 amide bonds. The van der Waals surface area contributed by atoms with Crippen LogP contribution in [0.2, 0.25) is 0 Å². The minimum atomic E-state index is 0.00959. The van der Waals surface area contributed by atoms with Gasteiger partial charge in [-0.1, -0.05) is 6.08 Å². The molecule has 102 valence electrons. The van der Waals surface area contributed by atoms with Gasteiger partial charge < -0.3 is 15.1 Å². The summed E-state index contributed by atoms with van der Waals surface area (Å²) in [6, 6.07) is 3.65. The highest BCUT2D eigenvalue weighted by Crippen LogP contribution is 2.11. The van der Waals surface area contributed by atoms with Gasteiger partial charge in [-0.3, -0.25) is 9.78 Å². The van der Waals surface area contributed by atoms with Gasteiger partial charge in [-0.05, 0) is 19.2 Å². The summed E-state index contributed by atoms with van der Waals surface area (Å²) in [5.41, 5.74) is 1.39. The molecule has 5 heteroatoms. The van der Waals surface area contributed by atoms with Gasteiger partial charge in [-0.15, -0.1) is 6.58 Å². The summed E-state index contributed by atoms with van der Waals surface area (Å²) in [5.74, 6) is 0.00959. The van der Waals surface area contributed by atoms with E-state index in [0.29, 0.717) is 12.2 Å². The van der Waals surface area contributed by atoms with Gasteiger partial charge in [0.25, 0.3) is 5.91 Å². The summed E-state index contributed by atoms with van der Waals surface area (Å²) >= 11 is 0. The molecular formula is C14H20N4O. The molecule has 1 fully saturated rings. The Morgan fingerprint density at radius 1 is 1.47 bits per heavy atom. The molecule has 1 aromatic rings. The molecule has 0 bridgehead atoms. The second-order valence-corrected chi connectivity index (χ2v) is 4.69. The average molecular weight is 260 g/mol. The van der Waals surface area contributed by atoms with E-state index in [0.717, 1.165) is 31.9 Å². The number of aromatic nitrogens is 1. The number of hydrogen-bond donors (Lipinski definition) is 1. The Labute approximate surface area is 113 Å². The molecule has 0 radical (unpaired) electrons. The first-order valence-electron chi connectivity index (χ1n) is 6.49. The van der Waals surface area contributed by atoms with Gasteiger partial charge in [-0.2, -0.15) is 0 Å². The van der Waals surface area contributed by atoms with Crippen LogP contribution in [0.15, 0.2) is 31.0 Å². The first-order valence-corrected chi connectivity index (χ1v) is 6.49. The van der Waals surface area contributed by atoms with Crippen LogP contribution >= 0.6 is 0 Å². The van der Waals surface area contributed by atoms with Crippen LogP contribution in [0.3, 0.4) is 0 Å². The third kappa shape index (κ3) is 3.54. The van der Waals surface area contributed by atoms with Crippen molar-refractivity contribution in [2.24, 2.45) is 0 Å². The number of hydrogen-bond acceptors (Lipinski definition) is 4. The number of anilines is 1. The summed E-state index contributed by atoms with van der Waals surface area (Å²) in [5, 5.41) is 3.16. The highest BCUT2D eigenvalue weighted by Gasteiger charge is 2.21. The predicted molar refractivity (Wildman–Crippen MR) is 76.3 cm³/mol. The Hall–Kier alpha value is -1.88. The maximum Gasteiger partial charge on any atom is 0.272 e. The Balaban J connectivity index is 2.04. The molecule has 1 aliphatic rings. The number of carbonyl (C=O) groups excluding carboxylic acids is 1. The van der Waals surface area contributed by atoms with Crippen molar-refractivity contribution in [1.29, 1.82) is 0 Å². The number of piperazine rings is 1. The highest BCUT2D eigenvalue weighted by molar-refractivity contribution is 5.93. The van der Waals surface area contributed by atoms with Crippen LogP contribution in [0, 0.1) is 0 Å². The molecule has 2 heterocycles. The second-order valence-electron chi connectivity index (χ2n) is 4.69. The van der Waals surface area contributed by atoms with Crippen molar-refractivity contribution in [3.8, 4) is 0 Å². The maximum atomic E-state index is 12.3. The molecule has 1 aliphatic heterocycles. The van der Waals surface area contributed by atoms with E-state index in [1.165, 1.54) is 0 Å². The largest absolute Gasteiger partial charge is 0.381 e. The first kappa shape index (κ1) is 13.5. The standard InChI is InChI=1S/C14H20N4O/c1-3-5-15-12-4-6-16-13(11-12)14(19)18-9-7-17(2)8-10-18/h3-4,6,11H,1,5,7-10H2,2H3,(H,15,16). The molecule has 0 aliphatic carbocycles. The highest BCUT2D eigenvalue weighted by atomic mass is 16.2. The number of carbonyl (C=O) groups is 1. The van der Waals surface area contributed by atoms with Crippen molar-refractivity contribution in [2.75, 3.05) is 45.1 Å². The number of likely N-dealkylation sites (N-methyl/N-ethyl adjacent to an activating group) is 1. The van der Waals surface area contributed by atoms with E-state index < -0.39 is 0 Å². The fourth-order valence-corrected chi connectivity index (χ4v) is 2.02. The molecule has 5 nitrogen and oxygen atoms in total. The Morgan fingerprint density at radius 2 is 2.21 bits per heavy atom. The van der Waals surface area contributed by atoms with Crippen LogP contribution in [0.1, 0.15) is 10.5 Å². The zero-order valence-electron chi connectivity index (χ0n) is 11.3. The first-order chi connectivity index (χ1) is 9.20. The minimum absolute atomic E-state index is 0.00959. The normalized spacial score (nSPS) is 16.2. The molecule has 0 aromatic carbocycles. The fraction of sp³-hybridized carbons (Fsp3) is 0.429. The lowest BCUT2D eigenvalue weighted by Crippen LogP contribution is -2.47. The third-order valence-corrected chi connectivity index (χ3v) is 3.22. The van der Waals surface area contributed by atoms with Gasteiger partial charge in [0, 0.05) is 44.6 Å². The Bertz CT molecular complexity index is 453. The fourth-order valence-electron chi connectivity index (χ4n) is 2.02. The van der Waals surface area contributed by atoms with Crippen molar-refractivity contribution in [1.82, 2.24) is 14.8 Å². The number of rotatable bonds is 4. The van der Waals surface area contributed by atoms with E-state index in [9.17, 15) is 4.79 Å². The van der Waals surface area contributed by atoms with Gasteiger partial charge >= 0.3 is 0 Å². The molecule has 1 N–H and O–H groups in total. The van der Waals surface area contributed by atoms with Gasteiger partial charge in [-0.25, -0.2) is 0 Å². The summed E-state index contributed by atoms with van der Waals surface area (Å²) < 4.78 is 0. The Kier molecular flexibility index (Phi) is 4.52. The molecule has 0 saturated carbocycles. The number of nitrogens with zero attached hydrogens (tertiary/aromatic N) is 3. The van der Waals surface area contributed by atoms with Gasteiger partial charge in [0.15, 0.2) is 0 Å². The second kappa shape index (κ2) is 6.33. The average Bonchev–Trinajstić information content (AvgIpc) is 2.45. The molecule has 0 unspecified atom stereocenters. The molecule has 2 rings (SSSR count). The SMILES string of the molecule is C=CCNc1ccnc(C(=O)N2CCN(C)CC2)c1. The van der Waals surface area contributed by atoms with Gasteiger partial charge in [0.05, 0.1) is 0 Å². The van der Waals surface area contributed by atoms with E-state index in [1.807, 2.05) is 11.0 Å². The van der Waals surface area contributed by atoms with Gasteiger partial charge in [0.1, 0.15) is 5.69 Å². The molecule has 0 atom stereocenters. The van der Waals surface area contributed by atoms with Crippen LogP contribution in [0.25, 0.3) is 0 Å². The lowest BCUT2D eigenvalue weighted by atomic mass is 10.2. The number of amides is 1. The maximum absolute atomic E-state index is 12.3. The van der Waals surface area contributed by atoms with Crippen molar-refractivity contribution < 1.29 is 4.79 Å². The van der Waals surface area contributed by atoms with Crippen molar-refractivity contribution in [2.45, 2.75) is 0 Å². The number of nitrogens with one attached hydrogen (secondary N) is 1. The third-order valence-electron chi connectivity index (χ3n) is 3.22. The molecular weight excluding hydrogens is 240 g/mol. The quantitative estimate of drug-likeness (QED) is 0.823. The summed E-state index contributed by atoms with van der Waals surface area (Å²) in [7, 11) is 2.07. The van der Waals surface area contributed by atoms with Crippen molar-refractivity contribution >= 4 is 11.6 Å². The summed E-state index contributed by atoms with van der Waals surface area (Å²) in [6.07, 6.45) is 3.44. The zero-order chi connectivity index (χ0) is 13.7. The molecule has 19 heavy (non-hydrogen) atoms. The topological polar surface area (TPSA) is 48.5 Å². The van der Waals surface area contributed by atoms with Crippen LogP contribution < -0.4 is 5.32 Å². The van der Waals surface area contributed by atoms with E-state index in [-0.39, 0.29) is 5.91 Å². The summed E-state index contributed by atoms with van der Waals surface area (Å²) in [6.45, 7) is 7.69. The molecule has 0 spiro atoms. The van der Waals surface area contributed by atoms with E-state index >= 15 is 0 Å². The van der Waals surface area contributed by atoms with E-state index in [4.69, 9.17) is 0 Å². The van der Waals surface area contributed by atoms with E-state index in [1.54, 1.807) is 18.3 Å². The van der Waals surface area contributed by atoms with Crippen LogP contribution in [0.4, 0.5) is 5.69 Å². The van der Waals surface area contributed by atoms with Crippen LogP contribution in [0.5, 0.6) is 0 Å². The number of pyridine rings is 1. The van der Waals surface area contributed by atoms with E-state index in [2.05, 4.69) is 28.8 Å². The lowest BCUT2D eigenvalue weighted by Gasteiger charge is -2.32. The van der Waals surface area contributed by atoms with Crippen LogP contribution in [-0.4, -0.2) is 60.5 Å². The van der Waals surface area contributed by atoms with Crippen LogP contribution in [-0.2, 0) is 0 Å². The molecule has 1 saturated heterocycles. The van der Waals surface area contributed by atoms with Crippen molar-refractivity contribution in [3.05, 3.63) is 36.7 Å². The predicted octanol–water partition coefficient (Wildman–Crippen LogP) is 1.07. The summed E-state index contributed by atoms with van der Waals surface area (Å²) in [4.78, 5) is 20.6. The lowest BCUT2D eigenvalue weighted by molar-refractivity contribution is 0.0658. The zero-order valence-corrected chi connectivity index (χ0v) is 11.3. The molecule has 1 aromatic heterocycles. The Morgan fingerprint density at radius 3 is 2.89 bits per heavy atom.